The van der Waals surface area contributed by atoms with Crippen molar-refractivity contribution in [3.63, 3.8) is 0 Å². The molecule has 0 spiro atoms. The van der Waals surface area contributed by atoms with E-state index in [1.54, 1.807) is 32.4 Å². The molecule has 1 aromatic rings. The van der Waals surface area contributed by atoms with Crippen LogP contribution < -0.4 is 9.47 Å². The van der Waals surface area contributed by atoms with Crippen molar-refractivity contribution in [1.82, 2.24) is 4.90 Å². The van der Waals surface area contributed by atoms with Crippen LogP contribution >= 0.6 is 0 Å². The molecule has 0 heterocycles. The molecule has 1 rings (SSSR count). The molecule has 0 saturated heterocycles. The number of benzene rings is 1. The lowest BCUT2D eigenvalue weighted by Gasteiger charge is -2.23. The van der Waals surface area contributed by atoms with Crippen molar-refractivity contribution in [2.45, 2.75) is 39.5 Å². The number of ether oxygens (including phenoxy) is 2. The first-order chi connectivity index (χ1) is 10.2. The van der Waals surface area contributed by atoms with Gasteiger partial charge in [0.1, 0.15) is 11.5 Å². The van der Waals surface area contributed by atoms with E-state index in [0.29, 0.717) is 17.1 Å². The molecule has 0 bridgehead atoms. The molecule has 1 aromatic carbocycles. The highest BCUT2D eigenvalue weighted by atomic mass is 16.5. The Morgan fingerprint density at radius 3 is 1.81 bits per heavy atom. The normalized spacial score (nSPS) is 10.3. The summed E-state index contributed by atoms with van der Waals surface area (Å²) in [6.07, 6.45) is 4.21. The van der Waals surface area contributed by atoms with Gasteiger partial charge in [-0.25, -0.2) is 0 Å². The number of methoxy groups -OCH3 is 2. The standard InChI is InChI=1S/C17H27NO3/c1-5-7-9-18(10-8-6-2)17(19)14-11-15(20-3)13-16(12-14)21-4/h11-13H,5-10H2,1-4H3. The Kier molecular flexibility index (Phi) is 7.65. The fourth-order valence-corrected chi connectivity index (χ4v) is 2.13. The van der Waals surface area contributed by atoms with E-state index >= 15 is 0 Å². The van der Waals surface area contributed by atoms with Crippen LogP contribution in [0.4, 0.5) is 0 Å². The summed E-state index contributed by atoms with van der Waals surface area (Å²) in [5.41, 5.74) is 0.624. The summed E-state index contributed by atoms with van der Waals surface area (Å²) in [6.45, 7) is 5.87. The zero-order valence-corrected chi connectivity index (χ0v) is 13.6. The van der Waals surface area contributed by atoms with E-state index in [9.17, 15) is 4.79 Å². The fourth-order valence-electron chi connectivity index (χ4n) is 2.13. The average molecular weight is 293 g/mol. The zero-order valence-electron chi connectivity index (χ0n) is 13.6. The lowest BCUT2D eigenvalue weighted by molar-refractivity contribution is 0.0750. The van der Waals surface area contributed by atoms with Gasteiger partial charge in [0.05, 0.1) is 14.2 Å². The molecule has 0 aliphatic heterocycles. The Hall–Kier alpha value is -1.71. The Morgan fingerprint density at radius 2 is 1.43 bits per heavy atom. The van der Waals surface area contributed by atoms with Gasteiger partial charge < -0.3 is 14.4 Å². The van der Waals surface area contributed by atoms with Crippen LogP contribution in [0.5, 0.6) is 11.5 Å². The number of hydrogen-bond donors (Lipinski definition) is 0. The van der Waals surface area contributed by atoms with Gasteiger partial charge in [0.15, 0.2) is 0 Å². The highest BCUT2D eigenvalue weighted by Gasteiger charge is 2.16. The second kappa shape index (κ2) is 9.27. The van der Waals surface area contributed by atoms with Crippen molar-refractivity contribution in [2.24, 2.45) is 0 Å². The lowest BCUT2D eigenvalue weighted by atomic mass is 10.1. The number of nitrogens with zero attached hydrogens (tertiary/aromatic N) is 1. The molecular formula is C17H27NO3. The average Bonchev–Trinajstić information content (AvgIpc) is 2.53. The van der Waals surface area contributed by atoms with Gasteiger partial charge in [-0.15, -0.1) is 0 Å². The minimum atomic E-state index is 0.0501. The van der Waals surface area contributed by atoms with E-state index in [4.69, 9.17) is 9.47 Å². The first kappa shape index (κ1) is 17.3. The number of unbranched alkanes of at least 4 members (excludes halogenated alkanes) is 2. The van der Waals surface area contributed by atoms with E-state index < -0.39 is 0 Å². The molecule has 4 heteroatoms. The van der Waals surface area contributed by atoms with E-state index in [2.05, 4.69) is 13.8 Å². The third-order valence-electron chi connectivity index (χ3n) is 3.45. The molecule has 0 aliphatic carbocycles. The Balaban J connectivity index is 2.95. The predicted molar refractivity (Wildman–Crippen MR) is 85.3 cm³/mol. The van der Waals surface area contributed by atoms with Crippen LogP contribution in [0, 0.1) is 0 Å². The summed E-state index contributed by atoms with van der Waals surface area (Å²) in [4.78, 5) is 14.6. The minimum Gasteiger partial charge on any atom is -0.497 e. The van der Waals surface area contributed by atoms with Crippen molar-refractivity contribution in [1.29, 1.82) is 0 Å². The van der Waals surface area contributed by atoms with Crippen LogP contribution in [-0.4, -0.2) is 38.1 Å². The zero-order chi connectivity index (χ0) is 15.7. The molecule has 1 amide bonds. The van der Waals surface area contributed by atoms with E-state index in [0.717, 1.165) is 38.8 Å². The van der Waals surface area contributed by atoms with E-state index in [1.165, 1.54) is 0 Å². The molecule has 0 saturated carbocycles. The molecule has 21 heavy (non-hydrogen) atoms. The number of carbonyl (C=O) groups excluding carboxylic acids is 1. The monoisotopic (exact) mass is 293 g/mol. The maximum absolute atomic E-state index is 12.7. The largest absolute Gasteiger partial charge is 0.497 e. The van der Waals surface area contributed by atoms with Gasteiger partial charge in [0.25, 0.3) is 5.91 Å². The van der Waals surface area contributed by atoms with E-state index in [1.807, 2.05) is 4.90 Å². The molecule has 118 valence electrons. The third-order valence-corrected chi connectivity index (χ3v) is 3.45. The summed E-state index contributed by atoms with van der Waals surface area (Å²) >= 11 is 0. The molecule has 0 aromatic heterocycles. The first-order valence-corrected chi connectivity index (χ1v) is 7.68. The Morgan fingerprint density at radius 1 is 0.952 bits per heavy atom. The topological polar surface area (TPSA) is 38.8 Å². The maximum Gasteiger partial charge on any atom is 0.254 e. The molecule has 0 N–H and O–H groups in total. The summed E-state index contributed by atoms with van der Waals surface area (Å²) in [6, 6.07) is 5.32. The van der Waals surface area contributed by atoms with Crippen LogP contribution in [0.1, 0.15) is 49.9 Å². The Labute approximate surface area is 128 Å². The maximum atomic E-state index is 12.7. The van der Waals surface area contributed by atoms with Gasteiger partial charge in [-0.1, -0.05) is 26.7 Å². The van der Waals surface area contributed by atoms with Crippen molar-refractivity contribution >= 4 is 5.91 Å². The van der Waals surface area contributed by atoms with Gasteiger partial charge in [-0.3, -0.25) is 4.79 Å². The second-order valence-electron chi connectivity index (χ2n) is 5.10. The summed E-state index contributed by atoms with van der Waals surface area (Å²) in [7, 11) is 3.18. The van der Waals surface area contributed by atoms with Crippen LogP contribution in [0.15, 0.2) is 18.2 Å². The van der Waals surface area contributed by atoms with Gasteiger partial charge in [0, 0.05) is 24.7 Å². The second-order valence-corrected chi connectivity index (χ2v) is 5.10. The van der Waals surface area contributed by atoms with Crippen molar-refractivity contribution < 1.29 is 14.3 Å². The summed E-state index contributed by atoms with van der Waals surface area (Å²) in [5, 5.41) is 0. The third kappa shape index (κ3) is 5.29. The first-order valence-electron chi connectivity index (χ1n) is 7.68. The molecule has 0 unspecified atom stereocenters. The summed E-state index contributed by atoms with van der Waals surface area (Å²) in [5.74, 6) is 1.33. The van der Waals surface area contributed by atoms with Gasteiger partial charge in [0.2, 0.25) is 0 Å². The SMILES string of the molecule is CCCCN(CCCC)C(=O)c1cc(OC)cc(OC)c1. The molecular weight excluding hydrogens is 266 g/mol. The van der Waals surface area contributed by atoms with Crippen LogP contribution in [0.25, 0.3) is 0 Å². The number of hydrogen-bond acceptors (Lipinski definition) is 3. The highest BCUT2D eigenvalue weighted by Crippen LogP contribution is 2.23. The van der Waals surface area contributed by atoms with E-state index in [-0.39, 0.29) is 5.91 Å². The van der Waals surface area contributed by atoms with Crippen LogP contribution in [-0.2, 0) is 0 Å². The lowest BCUT2D eigenvalue weighted by Crippen LogP contribution is -2.33. The molecule has 0 fully saturated rings. The van der Waals surface area contributed by atoms with Crippen molar-refractivity contribution in [3.8, 4) is 11.5 Å². The molecule has 0 atom stereocenters. The Bertz CT molecular complexity index is 415. The molecule has 0 aliphatic rings. The van der Waals surface area contributed by atoms with Crippen molar-refractivity contribution in [2.75, 3.05) is 27.3 Å². The fraction of sp³-hybridized carbons (Fsp3) is 0.588. The predicted octanol–water partition coefficient (Wildman–Crippen LogP) is 3.75. The van der Waals surface area contributed by atoms with Gasteiger partial charge >= 0.3 is 0 Å². The smallest absolute Gasteiger partial charge is 0.254 e. The summed E-state index contributed by atoms with van der Waals surface area (Å²) < 4.78 is 10.5. The van der Waals surface area contributed by atoms with Gasteiger partial charge in [-0.2, -0.15) is 0 Å². The van der Waals surface area contributed by atoms with Crippen LogP contribution in [0.2, 0.25) is 0 Å². The van der Waals surface area contributed by atoms with Crippen LogP contribution in [0.3, 0.4) is 0 Å². The minimum absolute atomic E-state index is 0.0501. The number of carbonyl (C=O) groups is 1. The highest BCUT2D eigenvalue weighted by molar-refractivity contribution is 5.95. The van der Waals surface area contributed by atoms with Crippen molar-refractivity contribution in [3.05, 3.63) is 23.8 Å². The number of amides is 1. The number of rotatable bonds is 9. The quantitative estimate of drug-likeness (QED) is 0.696. The molecule has 4 nitrogen and oxygen atoms in total. The van der Waals surface area contributed by atoms with Gasteiger partial charge in [-0.05, 0) is 25.0 Å². The molecule has 0 radical (unpaired) electrons.